The molecule has 2 heterocycles. The van der Waals surface area contributed by atoms with E-state index < -0.39 is 5.97 Å². The standard InChI is InChI=1S/C20H20N2O3S/c1-5-25-20(24)17-13(4)16-18(23)21-15(22-19(16)26-17)9-8-14-10-11(2)6-7-12(14)3/h6-10H,5H2,1-4H3,(H,21,22,23). The fourth-order valence-electron chi connectivity index (χ4n) is 2.74. The largest absolute Gasteiger partial charge is 0.462 e. The molecule has 0 unspecified atom stereocenters. The highest BCUT2D eigenvalue weighted by Crippen LogP contribution is 2.27. The number of thiophene rings is 1. The van der Waals surface area contributed by atoms with Gasteiger partial charge in [-0.05, 0) is 50.5 Å². The van der Waals surface area contributed by atoms with Gasteiger partial charge in [-0.1, -0.05) is 29.8 Å². The smallest absolute Gasteiger partial charge is 0.348 e. The van der Waals surface area contributed by atoms with Crippen LogP contribution in [0.1, 0.15) is 44.7 Å². The lowest BCUT2D eigenvalue weighted by atomic mass is 10.1. The lowest BCUT2D eigenvalue weighted by Crippen LogP contribution is -2.10. The molecule has 0 saturated carbocycles. The molecule has 1 N–H and O–H groups in total. The van der Waals surface area contributed by atoms with E-state index in [1.54, 1.807) is 19.9 Å². The lowest BCUT2D eigenvalue weighted by Gasteiger charge is -2.01. The predicted molar refractivity (Wildman–Crippen MR) is 106 cm³/mol. The summed E-state index contributed by atoms with van der Waals surface area (Å²) in [6.45, 7) is 7.86. The van der Waals surface area contributed by atoms with Crippen molar-refractivity contribution in [3.63, 3.8) is 0 Å². The molecule has 0 aliphatic carbocycles. The maximum Gasteiger partial charge on any atom is 0.348 e. The number of aryl methyl sites for hydroxylation is 3. The van der Waals surface area contributed by atoms with E-state index in [0.29, 0.717) is 33.1 Å². The topological polar surface area (TPSA) is 72.0 Å². The van der Waals surface area contributed by atoms with E-state index in [-0.39, 0.29) is 5.56 Å². The third-order valence-electron chi connectivity index (χ3n) is 4.14. The van der Waals surface area contributed by atoms with Crippen molar-refractivity contribution in [1.82, 2.24) is 9.97 Å². The number of hydrogen-bond donors (Lipinski definition) is 1. The minimum Gasteiger partial charge on any atom is -0.462 e. The zero-order valence-electron chi connectivity index (χ0n) is 15.2. The SMILES string of the molecule is CCOC(=O)c1sc2nc(C=Cc3cc(C)ccc3C)[nH]c(=O)c2c1C. The second kappa shape index (κ2) is 7.25. The summed E-state index contributed by atoms with van der Waals surface area (Å²) in [5.41, 5.74) is 3.75. The molecular formula is C20H20N2O3S. The van der Waals surface area contributed by atoms with Crippen molar-refractivity contribution in [2.24, 2.45) is 0 Å². The van der Waals surface area contributed by atoms with Gasteiger partial charge in [0.2, 0.25) is 0 Å². The second-order valence-corrected chi connectivity index (χ2v) is 7.10. The quantitative estimate of drug-likeness (QED) is 0.699. The lowest BCUT2D eigenvalue weighted by molar-refractivity contribution is 0.0531. The number of carbonyl (C=O) groups is 1. The van der Waals surface area contributed by atoms with Gasteiger partial charge in [0.05, 0.1) is 12.0 Å². The van der Waals surface area contributed by atoms with Crippen LogP contribution in [0.5, 0.6) is 0 Å². The van der Waals surface area contributed by atoms with E-state index in [0.717, 1.165) is 11.1 Å². The van der Waals surface area contributed by atoms with Gasteiger partial charge in [-0.25, -0.2) is 9.78 Å². The number of ether oxygens (including phenoxy) is 1. The van der Waals surface area contributed by atoms with E-state index in [1.807, 2.05) is 19.9 Å². The number of carbonyl (C=O) groups excluding carboxylic acids is 1. The molecule has 134 valence electrons. The molecule has 0 bridgehead atoms. The third-order valence-corrected chi connectivity index (χ3v) is 5.30. The van der Waals surface area contributed by atoms with Crippen LogP contribution in [0.4, 0.5) is 0 Å². The molecule has 0 spiro atoms. The number of esters is 1. The first kappa shape index (κ1) is 18.1. The summed E-state index contributed by atoms with van der Waals surface area (Å²) >= 11 is 1.19. The van der Waals surface area contributed by atoms with E-state index in [4.69, 9.17) is 4.74 Å². The molecule has 0 aliphatic heterocycles. The van der Waals surface area contributed by atoms with Crippen LogP contribution in [0.3, 0.4) is 0 Å². The van der Waals surface area contributed by atoms with Gasteiger partial charge in [-0.3, -0.25) is 4.79 Å². The number of rotatable bonds is 4. The van der Waals surface area contributed by atoms with Crippen LogP contribution < -0.4 is 5.56 Å². The predicted octanol–water partition coefficient (Wildman–Crippen LogP) is 4.26. The minimum absolute atomic E-state index is 0.250. The van der Waals surface area contributed by atoms with Crippen molar-refractivity contribution in [1.29, 1.82) is 0 Å². The Hall–Kier alpha value is -2.73. The van der Waals surface area contributed by atoms with E-state index in [1.165, 1.54) is 16.9 Å². The number of benzene rings is 1. The Bertz CT molecular complexity index is 1080. The molecule has 2 aromatic heterocycles. The molecular weight excluding hydrogens is 348 g/mol. The Kier molecular flexibility index (Phi) is 5.04. The Balaban J connectivity index is 2.03. The van der Waals surface area contributed by atoms with Crippen molar-refractivity contribution in [3.8, 4) is 0 Å². The monoisotopic (exact) mass is 368 g/mol. The number of H-pyrrole nitrogens is 1. The van der Waals surface area contributed by atoms with Gasteiger partial charge in [0.25, 0.3) is 5.56 Å². The Morgan fingerprint density at radius 2 is 2.04 bits per heavy atom. The Morgan fingerprint density at radius 1 is 1.27 bits per heavy atom. The molecule has 0 aliphatic rings. The van der Waals surface area contributed by atoms with E-state index in [9.17, 15) is 9.59 Å². The number of aromatic amines is 1. The van der Waals surface area contributed by atoms with Gasteiger partial charge < -0.3 is 9.72 Å². The van der Waals surface area contributed by atoms with Crippen molar-refractivity contribution >= 4 is 39.7 Å². The first-order chi connectivity index (χ1) is 12.4. The maximum absolute atomic E-state index is 12.5. The third kappa shape index (κ3) is 3.46. The number of hydrogen-bond acceptors (Lipinski definition) is 5. The molecule has 5 nitrogen and oxygen atoms in total. The molecule has 0 atom stereocenters. The molecule has 3 rings (SSSR count). The highest BCUT2D eigenvalue weighted by Gasteiger charge is 2.19. The molecule has 0 amide bonds. The Morgan fingerprint density at radius 3 is 2.77 bits per heavy atom. The summed E-state index contributed by atoms with van der Waals surface area (Å²) in [6, 6.07) is 6.20. The summed E-state index contributed by atoms with van der Waals surface area (Å²) in [5, 5.41) is 0.446. The van der Waals surface area contributed by atoms with Crippen LogP contribution in [-0.2, 0) is 4.74 Å². The molecule has 0 saturated heterocycles. The van der Waals surface area contributed by atoms with Gasteiger partial charge in [0.15, 0.2) is 0 Å². The van der Waals surface area contributed by atoms with E-state index >= 15 is 0 Å². The second-order valence-electron chi connectivity index (χ2n) is 6.10. The maximum atomic E-state index is 12.5. The van der Waals surface area contributed by atoms with Crippen LogP contribution >= 0.6 is 11.3 Å². The van der Waals surface area contributed by atoms with Crippen molar-refractivity contribution in [2.75, 3.05) is 6.61 Å². The first-order valence-corrected chi connectivity index (χ1v) is 9.18. The van der Waals surface area contributed by atoms with Crippen LogP contribution in [0.15, 0.2) is 23.0 Å². The highest BCUT2D eigenvalue weighted by atomic mass is 32.1. The molecule has 0 fully saturated rings. The fraction of sp³-hybridized carbons (Fsp3) is 0.250. The first-order valence-electron chi connectivity index (χ1n) is 8.36. The highest BCUT2D eigenvalue weighted by molar-refractivity contribution is 7.20. The van der Waals surface area contributed by atoms with Gasteiger partial charge in [-0.2, -0.15) is 0 Å². The summed E-state index contributed by atoms with van der Waals surface area (Å²) in [7, 11) is 0. The van der Waals surface area contributed by atoms with Gasteiger partial charge >= 0.3 is 5.97 Å². The molecule has 3 aromatic rings. The zero-order valence-corrected chi connectivity index (χ0v) is 16.0. The van der Waals surface area contributed by atoms with Gasteiger partial charge in [0.1, 0.15) is 15.5 Å². The summed E-state index contributed by atoms with van der Waals surface area (Å²) in [6.07, 6.45) is 3.71. The zero-order chi connectivity index (χ0) is 18.8. The normalized spacial score (nSPS) is 11.4. The fourth-order valence-corrected chi connectivity index (χ4v) is 3.82. The van der Waals surface area contributed by atoms with Crippen molar-refractivity contribution < 1.29 is 9.53 Å². The van der Waals surface area contributed by atoms with Crippen molar-refractivity contribution in [3.05, 3.63) is 61.5 Å². The van der Waals surface area contributed by atoms with E-state index in [2.05, 4.69) is 28.2 Å². The molecule has 0 radical (unpaired) electrons. The molecule has 1 aromatic carbocycles. The average Bonchev–Trinajstić information content (AvgIpc) is 2.93. The van der Waals surface area contributed by atoms with Gasteiger partial charge in [0, 0.05) is 0 Å². The number of aromatic nitrogens is 2. The van der Waals surface area contributed by atoms with Crippen LogP contribution in [-0.4, -0.2) is 22.5 Å². The number of nitrogens with zero attached hydrogens (tertiary/aromatic N) is 1. The van der Waals surface area contributed by atoms with Crippen LogP contribution in [0.2, 0.25) is 0 Å². The average molecular weight is 368 g/mol. The van der Waals surface area contributed by atoms with Gasteiger partial charge in [-0.15, -0.1) is 11.3 Å². The Labute approximate surface area is 155 Å². The van der Waals surface area contributed by atoms with Crippen LogP contribution in [0, 0.1) is 20.8 Å². The number of nitrogens with one attached hydrogen (secondary N) is 1. The summed E-state index contributed by atoms with van der Waals surface area (Å²) in [4.78, 5) is 32.8. The summed E-state index contributed by atoms with van der Waals surface area (Å²) in [5.74, 6) is 0.0416. The van der Waals surface area contributed by atoms with Crippen molar-refractivity contribution in [2.45, 2.75) is 27.7 Å². The number of fused-ring (bicyclic) bond motifs is 1. The van der Waals surface area contributed by atoms with Crippen LogP contribution in [0.25, 0.3) is 22.4 Å². The molecule has 6 heteroatoms. The molecule has 26 heavy (non-hydrogen) atoms. The summed E-state index contributed by atoms with van der Waals surface area (Å²) < 4.78 is 5.06. The minimum atomic E-state index is -0.417.